The highest BCUT2D eigenvalue weighted by Crippen LogP contribution is 2.29. The summed E-state index contributed by atoms with van der Waals surface area (Å²) in [6.45, 7) is 0. The smallest absolute Gasteiger partial charge is 0.225 e. The number of hydrogen-bond acceptors (Lipinski definition) is 6. The Hall–Kier alpha value is -2.65. The Morgan fingerprint density at radius 3 is 2.85 bits per heavy atom. The molecular formula is C14H11N5S. The van der Waals surface area contributed by atoms with Gasteiger partial charge < -0.3 is 10.6 Å². The highest BCUT2D eigenvalue weighted by Gasteiger charge is 2.10. The van der Waals surface area contributed by atoms with Crippen LogP contribution in [0.5, 0.6) is 0 Å². The van der Waals surface area contributed by atoms with E-state index in [-0.39, 0.29) is 0 Å². The third-order valence-corrected chi connectivity index (χ3v) is 3.66. The highest BCUT2D eigenvalue weighted by atomic mass is 32.1. The van der Waals surface area contributed by atoms with E-state index in [1.807, 2.05) is 29.6 Å². The monoisotopic (exact) mass is 281 g/mol. The fourth-order valence-electron chi connectivity index (χ4n) is 1.88. The van der Waals surface area contributed by atoms with E-state index in [9.17, 15) is 0 Å². The third kappa shape index (κ3) is 2.15. The summed E-state index contributed by atoms with van der Waals surface area (Å²) in [5.41, 5.74) is 1.32. The molecule has 0 aliphatic carbocycles. The largest absolute Gasteiger partial charge is 0.357 e. The topological polar surface area (TPSA) is 73.6 Å². The molecule has 0 aliphatic rings. The van der Waals surface area contributed by atoms with Gasteiger partial charge in [0.1, 0.15) is 16.7 Å². The molecule has 2 N–H and O–H groups in total. The first-order chi connectivity index (χ1) is 9.81. The summed E-state index contributed by atoms with van der Waals surface area (Å²) in [6.07, 6.45) is 0. The average molecular weight is 281 g/mol. The van der Waals surface area contributed by atoms with E-state index in [2.05, 4.69) is 26.7 Å². The zero-order chi connectivity index (χ0) is 13.9. The van der Waals surface area contributed by atoms with Crippen molar-refractivity contribution in [3.63, 3.8) is 0 Å². The van der Waals surface area contributed by atoms with Gasteiger partial charge in [-0.3, -0.25) is 0 Å². The second-order valence-electron chi connectivity index (χ2n) is 4.07. The lowest BCUT2D eigenvalue weighted by molar-refractivity contribution is 1.20. The van der Waals surface area contributed by atoms with Crippen LogP contribution in [0.3, 0.4) is 0 Å². The third-order valence-electron chi connectivity index (χ3n) is 2.85. The van der Waals surface area contributed by atoms with Gasteiger partial charge in [-0.25, -0.2) is 4.98 Å². The summed E-state index contributed by atoms with van der Waals surface area (Å²) in [5.74, 6) is 1.25. The van der Waals surface area contributed by atoms with Crippen molar-refractivity contribution < 1.29 is 0 Å². The molecule has 2 heterocycles. The van der Waals surface area contributed by atoms with Crippen LogP contribution in [0, 0.1) is 11.3 Å². The molecule has 0 aliphatic heterocycles. The number of aromatic nitrogens is 2. The molecule has 6 heteroatoms. The zero-order valence-corrected chi connectivity index (χ0v) is 11.5. The first-order valence-electron chi connectivity index (χ1n) is 6.01. The molecule has 0 saturated carbocycles. The van der Waals surface area contributed by atoms with Gasteiger partial charge in [-0.05, 0) is 23.6 Å². The van der Waals surface area contributed by atoms with Crippen molar-refractivity contribution in [1.29, 1.82) is 5.26 Å². The lowest BCUT2D eigenvalue weighted by Crippen LogP contribution is -2.01. The van der Waals surface area contributed by atoms with E-state index in [1.54, 1.807) is 24.5 Å². The zero-order valence-electron chi connectivity index (χ0n) is 10.7. The summed E-state index contributed by atoms with van der Waals surface area (Å²) < 4.78 is 0. The number of nitrogens with zero attached hydrogens (tertiary/aromatic N) is 3. The van der Waals surface area contributed by atoms with Crippen LogP contribution in [-0.4, -0.2) is 17.0 Å². The standard InChI is InChI=1S/C14H11N5S/c1-16-14-18-12(10-6-7-20-13(10)19-14)17-11-5-3-2-4-9(11)8-15/h2-7H,1H3,(H2,16,17,18,19). The molecule has 5 nitrogen and oxygen atoms in total. The Balaban J connectivity index is 2.10. The van der Waals surface area contributed by atoms with Gasteiger partial charge in [-0.1, -0.05) is 12.1 Å². The molecular weight excluding hydrogens is 270 g/mol. The van der Waals surface area contributed by atoms with Crippen molar-refractivity contribution in [2.75, 3.05) is 17.7 Å². The summed E-state index contributed by atoms with van der Waals surface area (Å²) in [7, 11) is 1.78. The molecule has 0 saturated heterocycles. The Morgan fingerprint density at radius 2 is 2.05 bits per heavy atom. The lowest BCUT2D eigenvalue weighted by atomic mass is 10.2. The molecule has 0 radical (unpaired) electrons. The van der Waals surface area contributed by atoms with Crippen LogP contribution in [0.4, 0.5) is 17.5 Å². The van der Waals surface area contributed by atoms with Gasteiger partial charge in [-0.15, -0.1) is 11.3 Å². The van der Waals surface area contributed by atoms with Gasteiger partial charge >= 0.3 is 0 Å². The number of nitrogens with one attached hydrogen (secondary N) is 2. The minimum Gasteiger partial charge on any atom is -0.357 e. The Morgan fingerprint density at radius 1 is 1.20 bits per heavy atom. The van der Waals surface area contributed by atoms with Crippen LogP contribution in [0.25, 0.3) is 10.2 Å². The van der Waals surface area contributed by atoms with Crippen LogP contribution < -0.4 is 10.6 Å². The van der Waals surface area contributed by atoms with Crippen LogP contribution in [0.2, 0.25) is 0 Å². The molecule has 1 aromatic carbocycles. The van der Waals surface area contributed by atoms with Crippen molar-refractivity contribution in [2.45, 2.75) is 0 Å². The average Bonchev–Trinajstić information content (AvgIpc) is 2.96. The van der Waals surface area contributed by atoms with E-state index in [4.69, 9.17) is 5.26 Å². The van der Waals surface area contributed by atoms with Gasteiger partial charge in [0, 0.05) is 7.05 Å². The number of nitriles is 1. The molecule has 0 fully saturated rings. The molecule has 2 aromatic heterocycles. The van der Waals surface area contributed by atoms with Crippen molar-refractivity contribution in [2.24, 2.45) is 0 Å². The molecule has 3 rings (SSSR count). The van der Waals surface area contributed by atoms with Crippen molar-refractivity contribution in [3.05, 3.63) is 41.3 Å². The molecule has 0 spiro atoms. The van der Waals surface area contributed by atoms with E-state index >= 15 is 0 Å². The predicted octanol–water partition coefficient (Wildman–Crippen LogP) is 3.35. The van der Waals surface area contributed by atoms with Gasteiger partial charge in [-0.2, -0.15) is 10.2 Å². The molecule has 98 valence electrons. The maximum absolute atomic E-state index is 9.14. The normalized spacial score (nSPS) is 10.2. The molecule has 0 atom stereocenters. The van der Waals surface area contributed by atoms with Gasteiger partial charge in [0.15, 0.2) is 0 Å². The van der Waals surface area contributed by atoms with Crippen molar-refractivity contribution >= 4 is 39.0 Å². The number of rotatable bonds is 3. The highest BCUT2D eigenvalue weighted by molar-refractivity contribution is 7.16. The maximum Gasteiger partial charge on any atom is 0.225 e. The Bertz CT molecular complexity index is 803. The first-order valence-corrected chi connectivity index (χ1v) is 6.89. The minimum atomic E-state index is 0.553. The summed E-state index contributed by atoms with van der Waals surface area (Å²) in [5, 5.41) is 18.2. The number of fused-ring (bicyclic) bond motifs is 1. The van der Waals surface area contributed by atoms with E-state index in [0.717, 1.165) is 15.9 Å². The number of hydrogen-bond donors (Lipinski definition) is 2. The molecule has 3 aromatic rings. The fourth-order valence-corrected chi connectivity index (χ4v) is 2.64. The van der Waals surface area contributed by atoms with Crippen molar-refractivity contribution in [1.82, 2.24) is 9.97 Å². The molecule has 0 amide bonds. The SMILES string of the molecule is CNc1nc(Nc2ccccc2C#N)c2ccsc2n1. The van der Waals surface area contributed by atoms with E-state index in [1.165, 1.54) is 0 Å². The number of para-hydroxylation sites is 1. The van der Waals surface area contributed by atoms with Crippen LogP contribution in [0.1, 0.15) is 5.56 Å². The van der Waals surface area contributed by atoms with Crippen molar-refractivity contribution in [3.8, 4) is 6.07 Å². The van der Waals surface area contributed by atoms with E-state index < -0.39 is 0 Å². The number of anilines is 3. The summed E-state index contributed by atoms with van der Waals surface area (Å²) in [4.78, 5) is 9.72. The summed E-state index contributed by atoms with van der Waals surface area (Å²) in [6, 6.07) is 11.5. The first kappa shape index (κ1) is 12.4. The molecule has 20 heavy (non-hydrogen) atoms. The molecule has 0 unspecified atom stereocenters. The maximum atomic E-state index is 9.14. The second kappa shape index (κ2) is 5.15. The minimum absolute atomic E-state index is 0.553. The predicted molar refractivity (Wildman–Crippen MR) is 81.4 cm³/mol. The summed E-state index contributed by atoms with van der Waals surface area (Å²) >= 11 is 1.56. The Kier molecular flexibility index (Phi) is 3.19. The van der Waals surface area contributed by atoms with Gasteiger partial charge in [0.25, 0.3) is 0 Å². The second-order valence-corrected chi connectivity index (χ2v) is 4.96. The van der Waals surface area contributed by atoms with Gasteiger partial charge in [0.05, 0.1) is 16.6 Å². The van der Waals surface area contributed by atoms with Crippen LogP contribution in [0.15, 0.2) is 35.7 Å². The number of thiophene rings is 1. The van der Waals surface area contributed by atoms with Gasteiger partial charge in [0.2, 0.25) is 5.95 Å². The molecule has 0 bridgehead atoms. The quantitative estimate of drug-likeness (QED) is 0.770. The number of benzene rings is 1. The van der Waals surface area contributed by atoms with E-state index in [0.29, 0.717) is 17.3 Å². The lowest BCUT2D eigenvalue weighted by Gasteiger charge is -2.09. The van der Waals surface area contributed by atoms with Crippen LogP contribution >= 0.6 is 11.3 Å². The fraction of sp³-hybridized carbons (Fsp3) is 0.0714. The van der Waals surface area contributed by atoms with Crippen LogP contribution in [-0.2, 0) is 0 Å². The Labute approximate surface area is 119 Å².